The van der Waals surface area contributed by atoms with E-state index in [1.807, 2.05) is 23.1 Å². The minimum Gasteiger partial charge on any atom is -0.327 e. The summed E-state index contributed by atoms with van der Waals surface area (Å²) < 4.78 is 28.9. The zero-order chi connectivity index (χ0) is 30.4. The average molecular weight is 593 g/mol. The molecule has 5 aromatic rings. The van der Waals surface area contributed by atoms with Gasteiger partial charge in [0.15, 0.2) is 0 Å². The molecule has 8 nitrogen and oxygen atoms in total. The Morgan fingerprint density at radius 1 is 1.02 bits per heavy atom. The molecule has 2 aromatic carbocycles. The summed E-state index contributed by atoms with van der Waals surface area (Å²) in [7, 11) is 0. The Kier molecular flexibility index (Phi) is 7.01. The maximum atomic E-state index is 14.7. The van der Waals surface area contributed by atoms with Crippen molar-refractivity contribution in [3.05, 3.63) is 123 Å². The Morgan fingerprint density at radius 3 is 2.57 bits per heavy atom. The van der Waals surface area contributed by atoms with Crippen molar-refractivity contribution in [2.45, 2.75) is 56.7 Å². The lowest BCUT2D eigenvalue weighted by atomic mass is 9.87. The van der Waals surface area contributed by atoms with Crippen LogP contribution in [0.2, 0.25) is 0 Å². The number of nitrogens with two attached hydrogens (primary N) is 1. The fourth-order valence-corrected chi connectivity index (χ4v) is 6.52. The van der Waals surface area contributed by atoms with Crippen LogP contribution in [0.4, 0.5) is 8.78 Å². The largest absolute Gasteiger partial charge is 0.327 e. The lowest BCUT2D eigenvalue weighted by Gasteiger charge is -2.37. The van der Waals surface area contributed by atoms with Crippen molar-refractivity contribution < 1.29 is 13.6 Å². The number of amides is 1. The molecule has 3 heterocycles. The molecule has 1 unspecified atom stereocenters. The van der Waals surface area contributed by atoms with Gasteiger partial charge in [-0.15, -0.1) is 0 Å². The SMILES string of the molecule is NCc1n[nH]c(=O)c2ccc(C3(C(=O)N(Cc4ccc(-c5c(F)cccc5F)cn4)C4CCCc5cccnc54)CC3)cc12. The fourth-order valence-electron chi connectivity index (χ4n) is 6.52. The molecule has 0 saturated heterocycles. The number of fused-ring (bicyclic) bond motifs is 2. The predicted molar refractivity (Wildman–Crippen MR) is 161 cm³/mol. The number of aromatic amines is 1. The molecule has 1 fully saturated rings. The van der Waals surface area contributed by atoms with Gasteiger partial charge in [-0.3, -0.25) is 19.6 Å². The highest BCUT2D eigenvalue weighted by Crippen LogP contribution is 2.52. The molecule has 0 radical (unpaired) electrons. The van der Waals surface area contributed by atoms with E-state index in [2.05, 4.69) is 21.2 Å². The number of halogens is 2. The molecule has 1 saturated carbocycles. The molecular weight excluding hydrogens is 562 g/mol. The van der Waals surface area contributed by atoms with Crippen LogP contribution in [0.3, 0.4) is 0 Å². The molecule has 10 heteroatoms. The van der Waals surface area contributed by atoms with Crippen LogP contribution in [0.1, 0.15) is 59.9 Å². The van der Waals surface area contributed by atoms with E-state index in [9.17, 15) is 18.4 Å². The van der Waals surface area contributed by atoms with Crippen molar-refractivity contribution >= 4 is 16.7 Å². The van der Waals surface area contributed by atoms with Gasteiger partial charge in [0.05, 0.1) is 46.0 Å². The molecule has 7 rings (SSSR count). The Labute approximate surface area is 252 Å². The van der Waals surface area contributed by atoms with Gasteiger partial charge in [-0.2, -0.15) is 5.10 Å². The molecule has 0 bridgehead atoms. The van der Waals surface area contributed by atoms with Crippen LogP contribution in [-0.2, 0) is 29.7 Å². The highest BCUT2D eigenvalue weighted by atomic mass is 19.1. The van der Waals surface area contributed by atoms with Gasteiger partial charge in [0.1, 0.15) is 11.6 Å². The first kappa shape index (κ1) is 28.0. The summed E-state index contributed by atoms with van der Waals surface area (Å²) >= 11 is 0. The minimum atomic E-state index is -0.773. The van der Waals surface area contributed by atoms with Crippen molar-refractivity contribution in [2.75, 3.05) is 0 Å². The second-order valence-electron chi connectivity index (χ2n) is 11.6. The molecule has 44 heavy (non-hydrogen) atoms. The smallest absolute Gasteiger partial charge is 0.272 e. The van der Waals surface area contributed by atoms with E-state index in [1.54, 1.807) is 24.4 Å². The Hall–Kier alpha value is -4.83. The number of H-pyrrole nitrogens is 1. The summed E-state index contributed by atoms with van der Waals surface area (Å²) in [6.45, 7) is 0.344. The predicted octanol–water partition coefficient (Wildman–Crippen LogP) is 5.26. The van der Waals surface area contributed by atoms with Crippen LogP contribution in [-0.4, -0.2) is 31.0 Å². The van der Waals surface area contributed by atoms with Gasteiger partial charge in [-0.25, -0.2) is 13.9 Å². The first-order valence-electron chi connectivity index (χ1n) is 14.8. The van der Waals surface area contributed by atoms with E-state index < -0.39 is 17.0 Å². The number of benzene rings is 2. The summed E-state index contributed by atoms with van der Waals surface area (Å²) in [6, 6.07) is 16.3. The van der Waals surface area contributed by atoms with Gasteiger partial charge < -0.3 is 10.6 Å². The van der Waals surface area contributed by atoms with Gasteiger partial charge in [-0.05, 0) is 79.6 Å². The summed E-state index contributed by atoms with van der Waals surface area (Å²) in [5.74, 6) is -1.37. The van der Waals surface area contributed by atoms with Gasteiger partial charge in [-0.1, -0.05) is 24.3 Å². The normalized spacial score (nSPS) is 16.8. The summed E-state index contributed by atoms with van der Waals surface area (Å²) in [5.41, 5.74) is 9.00. The standard InChI is InChI=1S/C34H30F2N6O2/c35-26-6-2-7-27(36)30(26)21-9-11-23(39-18-21)19-42(29-8-1-4-20-5-3-15-38-31(20)29)33(44)34(13-14-34)22-10-12-24-25(16-22)28(17-37)40-41-32(24)43/h2-3,5-7,9-12,15-16,18,29H,1,4,8,13-14,17,19,37H2,(H,41,43). The molecule has 0 aliphatic heterocycles. The number of hydrogen-bond acceptors (Lipinski definition) is 6. The topological polar surface area (TPSA) is 118 Å². The minimum absolute atomic E-state index is 0.0431. The zero-order valence-corrected chi connectivity index (χ0v) is 23.9. The van der Waals surface area contributed by atoms with Crippen LogP contribution < -0.4 is 11.3 Å². The number of carbonyl (C=O) groups is 1. The quantitative estimate of drug-likeness (QED) is 0.266. The van der Waals surface area contributed by atoms with E-state index in [0.29, 0.717) is 40.6 Å². The maximum Gasteiger partial charge on any atom is 0.272 e. The van der Waals surface area contributed by atoms with Crippen LogP contribution in [0.25, 0.3) is 21.9 Å². The van der Waals surface area contributed by atoms with Crippen LogP contribution in [0.5, 0.6) is 0 Å². The molecule has 1 atom stereocenters. The number of nitrogens with one attached hydrogen (secondary N) is 1. The zero-order valence-electron chi connectivity index (χ0n) is 23.9. The first-order chi connectivity index (χ1) is 21.4. The van der Waals surface area contributed by atoms with E-state index in [1.165, 1.54) is 24.4 Å². The number of rotatable bonds is 7. The maximum absolute atomic E-state index is 14.7. The monoisotopic (exact) mass is 592 g/mol. The van der Waals surface area contributed by atoms with E-state index in [4.69, 9.17) is 10.7 Å². The second kappa shape index (κ2) is 11.0. The van der Waals surface area contributed by atoms with Crippen LogP contribution in [0.15, 0.2) is 77.9 Å². The number of carbonyl (C=O) groups excluding carboxylic acids is 1. The third-order valence-corrected chi connectivity index (χ3v) is 8.98. The summed E-state index contributed by atoms with van der Waals surface area (Å²) in [4.78, 5) is 38.3. The number of aromatic nitrogens is 4. The fraction of sp³-hybridized carbons (Fsp3) is 0.265. The van der Waals surface area contributed by atoms with Crippen LogP contribution >= 0.6 is 0 Å². The van der Waals surface area contributed by atoms with Gasteiger partial charge >= 0.3 is 0 Å². The van der Waals surface area contributed by atoms with Gasteiger partial charge in [0, 0.05) is 29.9 Å². The van der Waals surface area contributed by atoms with Crippen molar-refractivity contribution in [2.24, 2.45) is 5.73 Å². The third kappa shape index (κ3) is 4.75. The molecule has 3 aromatic heterocycles. The summed E-state index contributed by atoms with van der Waals surface area (Å²) in [5, 5.41) is 7.73. The third-order valence-electron chi connectivity index (χ3n) is 8.98. The number of nitrogens with zero attached hydrogens (tertiary/aromatic N) is 4. The van der Waals surface area contributed by atoms with Gasteiger partial charge in [0.2, 0.25) is 5.91 Å². The molecular formula is C34H30F2N6O2. The van der Waals surface area contributed by atoms with Crippen molar-refractivity contribution in [1.82, 2.24) is 25.1 Å². The Morgan fingerprint density at radius 2 is 1.84 bits per heavy atom. The van der Waals surface area contributed by atoms with Crippen molar-refractivity contribution in [3.63, 3.8) is 0 Å². The van der Waals surface area contributed by atoms with Gasteiger partial charge in [0.25, 0.3) is 5.56 Å². The number of pyridine rings is 2. The van der Waals surface area contributed by atoms with Crippen LogP contribution in [0, 0.1) is 11.6 Å². The lowest BCUT2D eigenvalue weighted by Crippen LogP contribution is -2.43. The second-order valence-corrected chi connectivity index (χ2v) is 11.6. The average Bonchev–Trinajstić information content (AvgIpc) is 3.86. The molecule has 0 spiro atoms. The van der Waals surface area contributed by atoms with Crippen molar-refractivity contribution in [3.8, 4) is 11.1 Å². The Balaban J connectivity index is 1.28. The summed E-state index contributed by atoms with van der Waals surface area (Å²) in [6.07, 6.45) is 7.06. The first-order valence-corrected chi connectivity index (χ1v) is 14.8. The molecule has 3 N–H and O–H groups in total. The highest BCUT2D eigenvalue weighted by molar-refractivity contribution is 5.94. The molecule has 222 valence electrons. The Bertz CT molecular complexity index is 1930. The number of aryl methyl sites for hydroxylation is 1. The van der Waals surface area contributed by atoms with E-state index in [0.717, 1.165) is 36.1 Å². The van der Waals surface area contributed by atoms with E-state index in [-0.39, 0.29) is 36.2 Å². The lowest BCUT2D eigenvalue weighted by molar-refractivity contribution is -0.137. The van der Waals surface area contributed by atoms with E-state index >= 15 is 0 Å². The molecule has 2 aliphatic carbocycles. The highest BCUT2D eigenvalue weighted by Gasteiger charge is 2.54. The molecule has 2 aliphatic rings. The molecule has 1 amide bonds. The van der Waals surface area contributed by atoms with Crippen molar-refractivity contribution in [1.29, 1.82) is 0 Å². The number of hydrogen-bond donors (Lipinski definition) is 2.